The number of hydrogen-bond donors (Lipinski definition) is 2. The molecule has 0 radical (unpaired) electrons. The average molecular weight is 421 g/mol. The number of thiophene rings is 1. The van der Waals surface area contributed by atoms with E-state index in [0.29, 0.717) is 43.4 Å². The van der Waals surface area contributed by atoms with Crippen molar-refractivity contribution in [2.24, 2.45) is 4.99 Å². The van der Waals surface area contributed by atoms with Crippen LogP contribution < -0.4 is 10.6 Å². The van der Waals surface area contributed by atoms with Crippen molar-refractivity contribution < 1.29 is 13.2 Å². The Kier molecular flexibility index (Phi) is 5.52. The summed E-state index contributed by atoms with van der Waals surface area (Å²) in [5, 5.41) is 8.86. The summed E-state index contributed by atoms with van der Waals surface area (Å²) in [6.45, 7) is 2.48. The van der Waals surface area contributed by atoms with Crippen LogP contribution in [-0.2, 0) is 21.3 Å². The number of ether oxygens (including phenoxy) is 1. The summed E-state index contributed by atoms with van der Waals surface area (Å²) in [5.41, 5.74) is 1.60. The lowest BCUT2D eigenvalue weighted by Crippen LogP contribution is -2.55. The molecule has 2 aromatic rings. The fourth-order valence-electron chi connectivity index (χ4n) is 3.69. The van der Waals surface area contributed by atoms with Crippen LogP contribution in [-0.4, -0.2) is 57.4 Å². The molecule has 0 saturated carbocycles. The number of para-hydroxylation sites is 1. The van der Waals surface area contributed by atoms with Gasteiger partial charge in [0, 0.05) is 32.4 Å². The quantitative estimate of drug-likeness (QED) is 0.724. The molecule has 3 heterocycles. The lowest BCUT2D eigenvalue weighted by atomic mass is 9.97. The van der Waals surface area contributed by atoms with Crippen LogP contribution in [0, 0.1) is 0 Å². The van der Waals surface area contributed by atoms with Gasteiger partial charge < -0.3 is 10.1 Å². The highest BCUT2D eigenvalue weighted by Gasteiger charge is 2.47. The van der Waals surface area contributed by atoms with Crippen molar-refractivity contribution in [2.75, 3.05) is 38.7 Å². The van der Waals surface area contributed by atoms with E-state index in [1.165, 1.54) is 11.3 Å². The molecule has 9 heteroatoms. The van der Waals surface area contributed by atoms with Crippen molar-refractivity contribution in [3.8, 4) is 0 Å². The first kappa shape index (κ1) is 19.5. The zero-order valence-electron chi connectivity index (χ0n) is 15.7. The van der Waals surface area contributed by atoms with Crippen LogP contribution in [0.2, 0.25) is 0 Å². The Morgan fingerprint density at radius 3 is 2.93 bits per heavy atom. The molecule has 2 aliphatic heterocycles. The first-order chi connectivity index (χ1) is 13.5. The molecule has 1 spiro atoms. The smallest absolute Gasteiger partial charge is 0.252 e. The molecule has 0 amide bonds. The van der Waals surface area contributed by atoms with E-state index < -0.39 is 15.6 Å². The van der Waals surface area contributed by atoms with Gasteiger partial charge in [0.15, 0.2) is 0 Å². The van der Waals surface area contributed by atoms with Gasteiger partial charge in [0.25, 0.3) is 10.0 Å². The van der Waals surface area contributed by atoms with Crippen molar-refractivity contribution in [3.63, 3.8) is 0 Å². The van der Waals surface area contributed by atoms with Gasteiger partial charge in [0.05, 0.1) is 18.7 Å². The molecule has 1 aromatic heterocycles. The third-order valence-corrected chi connectivity index (χ3v) is 8.45. The lowest BCUT2D eigenvalue weighted by Gasteiger charge is -2.30. The summed E-state index contributed by atoms with van der Waals surface area (Å²) < 4.78 is 33.1. The van der Waals surface area contributed by atoms with Crippen LogP contribution in [0.4, 0.5) is 5.69 Å². The highest BCUT2D eigenvalue weighted by molar-refractivity contribution is 7.91. The number of methoxy groups -OCH3 is 1. The molecule has 2 aliphatic rings. The Morgan fingerprint density at radius 2 is 2.14 bits per heavy atom. The number of benzene rings is 1. The number of amidine groups is 1. The normalized spacial score (nSPS) is 24.2. The Hall–Kier alpha value is -1.78. The summed E-state index contributed by atoms with van der Waals surface area (Å²) in [5.74, 6) is 0.776. The highest BCUT2D eigenvalue weighted by Crippen LogP contribution is 2.33. The third kappa shape index (κ3) is 3.60. The first-order valence-electron chi connectivity index (χ1n) is 9.23. The van der Waals surface area contributed by atoms with E-state index in [0.717, 1.165) is 17.1 Å². The molecule has 4 rings (SSSR count). The molecular weight excluding hydrogens is 396 g/mol. The van der Waals surface area contributed by atoms with Crippen LogP contribution in [0.1, 0.15) is 12.0 Å². The van der Waals surface area contributed by atoms with E-state index >= 15 is 0 Å². The number of fused-ring (bicyclic) bond motifs is 1. The van der Waals surface area contributed by atoms with Gasteiger partial charge in [-0.3, -0.25) is 10.3 Å². The second-order valence-electron chi connectivity index (χ2n) is 6.96. The standard InChI is InChI=1S/C19H24N4O3S2/c1-26-11-9-20-18-19(21-13-15-5-2-3-6-16(15)22-18)8-10-23(14-19)28(24,25)17-7-4-12-27-17/h2-7,12,21H,8-11,13-14H2,1H3,(H,20,22). The average Bonchev–Trinajstić information content (AvgIpc) is 3.35. The largest absolute Gasteiger partial charge is 0.383 e. The summed E-state index contributed by atoms with van der Waals surface area (Å²) >= 11 is 1.25. The number of nitrogens with one attached hydrogen (secondary N) is 2. The van der Waals surface area contributed by atoms with Crippen LogP contribution in [0.15, 0.2) is 51.0 Å². The Labute approximate surface area is 169 Å². The highest BCUT2D eigenvalue weighted by atomic mass is 32.2. The van der Waals surface area contributed by atoms with Crippen LogP contribution >= 0.6 is 11.3 Å². The number of nitrogens with zero attached hydrogens (tertiary/aromatic N) is 2. The maximum absolute atomic E-state index is 13.0. The van der Waals surface area contributed by atoms with E-state index in [2.05, 4.69) is 16.7 Å². The molecule has 150 valence electrons. The molecule has 0 bridgehead atoms. The van der Waals surface area contributed by atoms with E-state index in [1.807, 2.05) is 18.2 Å². The van der Waals surface area contributed by atoms with E-state index in [1.54, 1.807) is 28.9 Å². The fraction of sp³-hybridized carbons (Fsp3) is 0.421. The van der Waals surface area contributed by atoms with Crippen molar-refractivity contribution in [1.82, 2.24) is 9.62 Å². The molecule has 7 nitrogen and oxygen atoms in total. The number of anilines is 1. The van der Waals surface area contributed by atoms with Gasteiger partial charge in [0.2, 0.25) is 0 Å². The zero-order chi connectivity index (χ0) is 19.6. The van der Waals surface area contributed by atoms with Gasteiger partial charge in [-0.25, -0.2) is 8.42 Å². The Balaban J connectivity index is 1.65. The van der Waals surface area contributed by atoms with Crippen molar-refractivity contribution in [3.05, 3.63) is 47.3 Å². The Bertz CT molecular complexity index is 959. The number of rotatable bonds is 5. The number of sulfonamides is 1. The maximum Gasteiger partial charge on any atom is 0.252 e. The van der Waals surface area contributed by atoms with Gasteiger partial charge in [-0.1, -0.05) is 24.3 Å². The van der Waals surface area contributed by atoms with Gasteiger partial charge in [-0.05, 0) is 29.5 Å². The van der Waals surface area contributed by atoms with Gasteiger partial charge in [0.1, 0.15) is 10.0 Å². The summed E-state index contributed by atoms with van der Waals surface area (Å²) in [4.78, 5) is 4.75. The topological polar surface area (TPSA) is 83.0 Å². The Morgan fingerprint density at radius 1 is 1.29 bits per heavy atom. The van der Waals surface area contributed by atoms with Gasteiger partial charge in [-0.15, -0.1) is 11.3 Å². The SMILES string of the molecule is COCCN=C1Nc2ccccc2CNC12CCN(S(=O)(=O)c1cccs1)C2. The van der Waals surface area contributed by atoms with Gasteiger partial charge >= 0.3 is 0 Å². The fourth-order valence-corrected chi connectivity index (χ4v) is 6.33. The molecule has 1 unspecified atom stereocenters. The summed E-state index contributed by atoms with van der Waals surface area (Å²) in [6.07, 6.45) is 0.657. The predicted molar refractivity (Wildman–Crippen MR) is 112 cm³/mol. The van der Waals surface area contributed by atoms with E-state index in [4.69, 9.17) is 9.73 Å². The van der Waals surface area contributed by atoms with E-state index in [-0.39, 0.29) is 0 Å². The third-order valence-electron chi connectivity index (χ3n) is 5.23. The molecule has 1 atom stereocenters. The molecule has 0 aliphatic carbocycles. The molecule has 28 heavy (non-hydrogen) atoms. The van der Waals surface area contributed by atoms with Gasteiger partial charge in [-0.2, -0.15) is 4.31 Å². The first-order valence-corrected chi connectivity index (χ1v) is 11.5. The monoisotopic (exact) mass is 420 g/mol. The maximum atomic E-state index is 13.0. The molecule has 2 N–H and O–H groups in total. The van der Waals surface area contributed by atoms with Crippen molar-refractivity contribution >= 4 is 32.9 Å². The summed E-state index contributed by atoms with van der Waals surface area (Å²) in [6, 6.07) is 11.5. The zero-order valence-corrected chi connectivity index (χ0v) is 17.4. The van der Waals surface area contributed by atoms with Crippen LogP contribution in [0.3, 0.4) is 0 Å². The lowest BCUT2D eigenvalue weighted by molar-refractivity contribution is 0.207. The molecule has 1 saturated heterocycles. The minimum atomic E-state index is -3.49. The number of hydrogen-bond acceptors (Lipinski definition) is 6. The second kappa shape index (κ2) is 7.92. The predicted octanol–water partition coefficient (Wildman–Crippen LogP) is 2.14. The van der Waals surface area contributed by atoms with Crippen molar-refractivity contribution in [2.45, 2.75) is 22.7 Å². The van der Waals surface area contributed by atoms with E-state index in [9.17, 15) is 8.42 Å². The number of aliphatic imine (C=N–C) groups is 1. The minimum Gasteiger partial charge on any atom is -0.383 e. The second-order valence-corrected chi connectivity index (χ2v) is 10.1. The molecule has 1 fully saturated rings. The molecule has 1 aromatic carbocycles. The molecular formula is C19H24N4O3S2. The van der Waals surface area contributed by atoms with Crippen molar-refractivity contribution in [1.29, 1.82) is 0 Å². The van der Waals surface area contributed by atoms with Crippen LogP contribution in [0.25, 0.3) is 0 Å². The minimum absolute atomic E-state index is 0.347. The van der Waals surface area contributed by atoms with Crippen LogP contribution in [0.5, 0.6) is 0 Å². The summed E-state index contributed by atoms with van der Waals surface area (Å²) in [7, 11) is -1.85.